The van der Waals surface area contributed by atoms with E-state index >= 15 is 0 Å². The van der Waals surface area contributed by atoms with Crippen LogP contribution in [0, 0.1) is 5.92 Å². The lowest BCUT2D eigenvalue weighted by Gasteiger charge is -2.36. The van der Waals surface area contributed by atoms with Crippen molar-refractivity contribution in [3.05, 3.63) is 0 Å². The lowest BCUT2D eigenvalue weighted by atomic mass is 9.76. The second-order valence-electron chi connectivity index (χ2n) is 7.72. The third-order valence-electron chi connectivity index (χ3n) is 6.03. The highest BCUT2D eigenvalue weighted by atomic mass is 16.0. The van der Waals surface area contributed by atoms with Crippen molar-refractivity contribution >= 4 is 0 Å². The number of hydrogen-bond donors (Lipinski definition) is 1. The number of rotatable bonds is 17. The van der Waals surface area contributed by atoms with Gasteiger partial charge in [-0.1, -0.05) is 111 Å². The summed E-state index contributed by atoms with van der Waals surface area (Å²) in [4.78, 5) is 0. The minimum atomic E-state index is 0. The molecule has 148 valence electrons. The number of hydrogen-bond acceptors (Lipinski definition) is 1. The van der Waals surface area contributed by atoms with E-state index in [-0.39, 0.29) is 11.0 Å². The second-order valence-corrected chi connectivity index (χ2v) is 7.72. The lowest BCUT2D eigenvalue weighted by molar-refractivity contribution is 0.225. The fraction of sp³-hybridized carbons (Fsp3) is 1.00. The van der Waals surface area contributed by atoms with Gasteiger partial charge in [0.2, 0.25) is 0 Å². The van der Waals surface area contributed by atoms with E-state index in [1.54, 1.807) is 0 Å². The zero-order valence-corrected chi connectivity index (χ0v) is 17.5. The Morgan fingerprint density at radius 1 is 0.625 bits per heavy atom. The molecule has 0 aliphatic carbocycles. The zero-order valence-electron chi connectivity index (χ0n) is 17.5. The Bertz CT molecular complexity index is 238. The number of nitrogens with two attached hydrogens (primary N) is 1. The van der Waals surface area contributed by atoms with Gasteiger partial charge in [0.15, 0.2) is 0 Å². The van der Waals surface area contributed by atoms with Crippen LogP contribution >= 0.6 is 0 Å². The van der Waals surface area contributed by atoms with Crippen molar-refractivity contribution in [3.8, 4) is 0 Å². The normalized spacial score (nSPS) is 12.9. The molecule has 1 unspecified atom stereocenters. The minimum Gasteiger partial charge on any atom is -0.412 e. The van der Waals surface area contributed by atoms with Gasteiger partial charge in [0.1, 0.15) is 0 Å². The van der Waals surface area contributed by atoms with E-state index in [4.69, 9.17) is 5.73 Å². The summed E-state index contributed by atoms with van der Waals surface area (Å²) in [6.07, 6.45) is 22.1. The van der Waals surface area contributed by atoms with Crippen molar-refractivity contribution in [2.45, 2.75) is 136 Å². The Balaban J connectivity index is 0. The molecule has 0 saturated heterocycles. The predicted molar refractivity (Wildman–Crippen MR) is 111 cm³/mol. The van der Waals surface area contributed by atoms with Crippen LogP contribution < -0.4 is 5.73 Å². The summed E-state index contributed by atoms with van der Waals surface area (Å²) in [5.41, 5.74) is 6.68. The molecule has 0 aromatic heterocycles. The van der Waals surface area contributed by atoms with Crippen molar-refractivity contribution in [3.63, 3.8) is 0 Å². The molecule has 0 aliphatic rings. The first-order chi connectivity index (χ1) is 11.1. The van der Waals surface area contributed by atoms with E-state index in [1.807, 2.05) is 0 Å². The molecule has 2 nitrogen and oxygen atoms in total. The summed E-state index contributed by atoms with van der Waals surface area (Å²) >= 11 is 0. The van der Waals surface area contributed by atoms with Crippen LogP contribution in [0.25, 0.3) is 0 Å². The molecule has 0 amide bonds. The summed E-state index contributed by atoms with van der Waals surface area (Å²) < 4.78 is 0. The Hall–Kier alpha value is -0.0800. The molecule has 0 radical (unpaired) electrons. The molecule has 4 N–H and O–H groups in total. The van der Waals surface area contributed by atoms with Gasteiger partial charge in [0, 0.05) is 5.54 Å². The summed E-state index contributed by atoms with van der Waals surface area (Å²) in [5, 5.41) is 0. The fourth-order valence-electron chi connectivity index (χ4n) is 3.96. The summed E-state index contributed by atoms with van der Waals surface area (Å²) in [5.74, 6) is 0.723. The summed E-state index contributed by atoms with van der Waals surface area (Å²) in [6, 6.07) is 0. The van der Waals surface area contributed by atoms with Crippen LogP contribution in [0.4, 0.5) is 0 Å². The van der Waals surface area contributed by atoms with Crippen LogP contribution in [0.3, 0.4) is 0 Å². The molecule has 1 atom stereocenters. The first kappa shape index (κ1) is 26.2. The Morgan fingerprint density at radius 2 is 1.00 bits per heavy atom. The van der Waals surface area contributed by atoms with Crippen molar-refractivity contribution < 1.29 is 5.48 Å². The molecule has 2 heteroatoms. The highest BCUT2D eigenvalue weighted by Crippen LogP contribution is 2.30. The van der Waals surface area contributed by atoms with E-state index in [0.717, 1.165) is 18.8 Å². The van der Waals surface area contributed by atoms with Gasteiger partial charge in [-0.3, -0.25) is 0 Å². The van der Waals surface area contributed by atoms with Crippen LogP contribution in [0.15, 0.2) is 0 Å². The summed E-state index contributed by atoms with van der Waals surface area (Å²) in [7, 11) is 0. The smallest absolute Gasteiger partial charge is 0.0177 e. The maximum atomic E-state index is 6.59. The molecule has 0 bridgehead atoms. The quantitative estimate of drug-likeness (QED) is 0.290. The van der Waals surface area contributed by atoms with Gasteiger partial charge in [0.05, 0.1) is 0 Å². The average molecular weight is 344 g/mol. The molecule has 0 fully saturated rings. The van der Waals surface area contributed by atoms with E-state index in [2.05, 4.69) is 27.7 Å². The van der Waals surface area contributed by atoms with Crippen LogP contribution in [0.1, 0.15) is 130 Å². The lowest BCUT2D eigenvalue weighted by Crippen LogP contribution is -2.45. The first-order valence-corrected chi connectivity index (χ1v) is 10.9. The van der Waals surface area contributed by atoms with Gasteiger partial charge in [0.25, 0.3) is 0 Å². The zero-order chi connectivity index (χ0) is 17.4. The molecule has 0 heterocycles. The maximum Gasteiger partial charge on any atom is 0.0177 e. The monoisotopic (exact) mass is 343 g/mol. The van der Waals surface area contributed by atoms with Crippen LogP contribution in [-0.2, 0) is 0 Å². The minimum absolute atomic E-state index is 0. The molecule has 0 aromatic carbocycles. The van der Waals surface area contributed by atoms with Crippen LogP contribution in [-0.4, -0.2) is 11.0 Å². The fourth-order valence-corrected chi connectivity index (χ4v) is 3.96. The average Bonchev–Trinajstić information content (AvgIpc) is 2.58. The Kier molecular flexibility index (Phi) is 19.3. The van der Waals surface area contributed by atoms with Gasteiger partial charge in [-0.15, -0.1) is 0 Å². The van der Waals surface area contributed by atoms with Gasteiger partial charge < -0.3 is 11.2 Å². The third-order valence-corrected chi connectivity index (χ3v) is 6.03. The van der Waals surface area contributed by atoms with E-state index in [0.29, 0.717) is 0 Å². The van der Waals surface area contributed by atoms with Crippen molar-refractivity contribution in [1.82, 2.24) is 0 Å². The Morgan fingerprint density at radius 3 is 1.33 bits per heavy atom. The third kappa shape index (κ3) is 12.3. The molecule has 0 saturated carbocycles. The highest BCUT2D eigenvalue weighted by Gasteiger charge is 2.29. The van der Waals surface area contributed by atoms with Gasteiger partial charge in [-0.25, -0.2) is 0 Å². The summed E-state index contributed by atoms with van der Waals surface area (Å²) in [6.45, 7) is 9.13. The largest absolute Gasteiger partial charge is 0.412 e. The highest BCUT2D eigenvalue weighted by molar-refractivity contribution is 4.88. The molecule has 0 rings (SSSR count). The SMILES string of the molecule is CCCCCCCCCCCCCCC(CC)C(N)(CC)CC.O. The molecular weight excluding hydrogens is 294 g/mol. The second kappa shape index (κ2) is 17.7. The van der Waals surface area contributed by atoms with Gasteiger partial charge >= 0.3 is 0 Å². The van der Waals surface area contributed by atoms with Crippen molar-refractivity contribution in [2.75, 3.05) is 0 Å². The predicted octanol–water partition coefficient (Wildman–Crippen LogP) is 6.80. The van der Waals surface area contributed by atoms with E-state index in [1.165, 1.54) is 89.9 Å². The van der Waals surface area contributed by atoms with Gasteiger partial charge in [-0.05, 0) is 25.2 Å². The molecule has 0 aliphatic heterocycles. The molecule has 0 spiro atoms. The van der Waals surface area contributed by atoms with E-state index in [9.17, 15) is 0 Å². The first-order valence-electron chi connectivity index (χ1n) is 10.9. The van der Waals surface area contributed by atoms with Crippen LogP contribution in [0.5, 0.6) is 0 Å². The topological polar surface area (TPSA) is 57.5 Å². The number of unbranched alkanes of at least 4 members (excludes halogenated alkanes) is 11. The van der Waals surface area contributed by atoms with Crippen molar-refractivity contribution in [1.29, 1.82) is 0 Å². The molecule has 24 heavy (non-hydrogen) atoms. The van der Waals surface area contributed by atoms with Crippen molar-refractivity contribution in [2.24, 2.45) is 11.7 Å². The van der Waals surface area contributed by atoms with Gasteiger partial charge in [-0.2, -0.15) is 0 Å². The Labute approximate surface area is 153 Å². The van der Waals surface area contributed by atoms with E-state index < -0.39 is 0 Å². The molecular formula is C22H49NO. The maximum absolute atomic E-state index is 6.59. The molecule has 0 aromatic rings. The van der Waals surface area contributed by atoms with Crippen LogP contribution in [0.2, 0.25) is 0 Å². The standard InChI is InChI=1S/C22H47N.H2O/c1-5-9-10-11-12-13-14-15-16-17-18-19-20-21(6-2)22(23,7-3)8-4;/h21H,5-20,23H2,1-4H3;1H2.